The molecule has 1 aromatic rings. The number of imide groups is 1. The van der Waals surface area contributed by atoms with Crippen LogP contribution in [0.15, 0.2) is 30.4 Å². The molecule has 3 heterocycles. The number of halogens is 4. The predicted molar refractivity (Wildman–Crippen MR) is 79.8 cm³/mol. The number of amides is 2. The summed E-state index contributed by atoms with van der Waals surface area (Å²) in [4.78, 5) is 26.2. The van der Waals surface area contributed by atoms with Crippen molar-refractivity contribution in [2.75, 3.05) is 11.5 Å². The molecule has 1 aromatic carbocycles. The number of hydrogen-bond donors (Lipinski definition) is 1. The van der Waals surface area contributed by atoms with Crippen LogP contribution >= 0.6 is 11.6 Å². The van der Waals surface area contributed by atoms with Crippen LogP contribution in [0, 0.1) is 11.8 Å². The van der Waals surface area contributed by atoms with Gasteiger partial charge in [0.25, 0.3) is 0 Å². The number of nitrogens with zero attached hydrogens (tertiary/aromatic N) is 1. The molecule has 9 heteroatoms. The Morgan fingerprint density at radius 1 is 1.28 bits per heavy atom. The van der Waals surface area contributed by atoms with E-state index in [1.54, 1.807) is 6.08 Å². The maximum atomic E-state index is 13.0. The van der Waals surface area contributed by atoms with Gasteiger partial charge in [0, 0.05) is 0 Å². The van der Waals surface area contributed by atoms with Gasteiger partial charge in [-0.1, -0.05) is 23.8 Å². The molecule has 0 saturated carbocycles. The average molecular weight is 374 g/mol. The Morgan fingerprint density at radius 3 is 2.64 bits per heavy atom. The number of carbonyl (C=O) groups excluding carboxylic acids is 2. The van der Waals surface area contributed by atoms with E-state index in [4.69, 9.17) is 16.3 Å². The van der Waals surface area contributed by atoms with E-state index in [0.717, 1.165) is 12.1 Å². The topological polar surface area (TPSA) is 66.8 Å². The van der Waals surface area contributed by atoms with E-state index in [1.165, 1.54) is 6.08 Å². The van der Waals surface area contributed by atoms with Crippen LogP contribution in [0.3, 0.4) is 0 Å². The van der Waals surface area contributed by atoms with Crippen molar-refractivity contribution in [3.05, 3.63) is 40.9 Å². The first-order valence-electron chi connectivity index (χ1n) is 7.42. The van der Waals surface area contributed by atoms with E-state index in [1.807, 2.05) is 0 Å². The van der Waals surface area contributed by atoms with Crippen molar-refractivity contribution in [1.29, 1.82) is 0 Å². The number of fused-ring (bicyclic) bond motifs is 5. The Kier molecular flexibility index (Phi) is 3.35. The lowest BCUT2D eigenvalue weighted by Crippen LogP contribution is -2.43. The minimum absolute atomic E-state index is 0.144. The Morgan fingerprint density at radius 2 is 2.00 bits per heavy atom. The van der Waals surface area contributed by atoms with Gasteiger partial charge in [-0.2, -0.15) is 13.2 Å². The monoisotopic (exact) mass is 373 g/mol. The number of hydrogen-bond acceptors (Lipinski definition) is 4. The lowest BCUT2D eigenvalue weighted by Gasteiger charge is -2.26. The van der Waals surface area contributed by atoms with Crippen molar-refractivity contribution in [2.24, 2.45) is 11.8 Å². The first kappa shape index (κ1) is 16.6. The van der Waals surface area contributed by atoms with E-state index in [0.29, 0.717) is 11.0 Å². The maximum Gasteiger partial charge on any atom is 0.416 e. The van der Waals surface area contributed by atoms with Crippen LogP contribution in [0.25, 0.3) is 0 Å². The van der Waals surface area contributed by atoms with Crippen molar-refractivity contribution in [1.82, 2.24) is 0 Å². The molecule has 4 atom stereocenters. The number of rotatable bonds is 2. The third kappa shape index (κ3) is 2.11. The van der Waals surface area contributed by atoms with Gasteiger partial charge in [-0.3, -0.25) is 9.59 Å². The van der Waals surface area contributed by atoms with Gasteiger partial charge in [-0.15, -0.1) is 0 Å². The van der Waals surface area contributed by atoms with Crippen molar-refractivity contribution in [3.63, 3.8) is 0 Å². The van der Waals surface area contributed by atoms with Crippen molar-refractivity contribution in [3.8, 4) is 0 Å². The van der Waals surface area contributed by atoms with Gasteiger partial charge in [-0.05, 0) is 18.2 Å². The summed E-state index contributed by atoms with van der Waals surface area (Å²) in [6.07, 6.45) is -2.22. The molecule has 0 radical (unpaired) electrons. The molecule has 2 fully saturated rings. The molecule has 0 aromatic heterocycles. The summed E-state index contributed by atoms with van der Waals surface area (Å²) in [5.41, 5.74) is -2.64. The minimum atomic E-state index is -4.64. The van der Waals surface area contributed by atoms with Gasteiger partial charge < -0.3 is 9.84 Å². The molecule has 25 heavy (non-hydrogen) atoms. The molecule has 0 aliphatic carbocycles. The van der Waals surface area contributed by atoms with Gasteiger partial charge in [0.1, 0.15) is 5.60 Å². The minimum Gasteiger partial charge on any atom is -0.393 e. The van der Waals surface area contributed by atoms with E-state index in [2.05, 4.69) is 0 Å². The Bertz CT molecular complexity index is 824. The van der Waals surface area contributed by atoms with Crippen LogP contribution in [-0.2, 0) is 20.5 Å². The second-order valence-corrected chi connectivity index (χ2v) is 6.64. The number of aliphatic hydroxyl groups excluding tert-OH is 1. The smallest absolute Gasteiger partial charge is 0.393 e. The molecule has 1 N–H and O–H groups in total. The highest BCUT2D eigenvalue weighted by Crippen LogP contribution is 2.53. The highest BCUT2D eigenvalue weighted by Gasteiger charge is 2.67. The molecule has 3 aliphatic heterocycles. The number of benzene rings is 1. The number of alkyl halides is 3. The molecule has 5 nitrogen and oxygen atoms in total. The van der Waals surface area contributed by atoms with Crippen LogP contribution in [0.1, 0.15) is 5.56 Å². The molecule has 2 bridgehead atoms. The lowest BCUT2D eigenvalue weighted by atomic mass is 9.77. The molecule has 132 valence electrons. The molecule has 3 aliphatic rings. The summed E-state index contributed by atoms with van der Waals surface area (Å²) in [6.45, 7) is -0.510. The zero-order valence-corrected chi connectivity index (χ0v) is 13.2. The fourth-order valence-electron chi connectivity index (χ4n) is 3.78. The fraction of sp³-hybridized carbons (Fsp3) is 0.375. The molecular weight excluding hydrogens is 363 g/mol. The molecule has 2 amide bonds. The van der Waals surface area contributed by atoms with Gasteiger partial charge in [0.05, 0.1) is 40.8 Å². The van der Waals surface area contributed by atoms with E-state index in [9.17, 15) is 27.9 Å². The summed E-state index contributed by atoms with van der Waals surface area (Å²) >= 11 is 5.96. The summed E-state index contributed by atoms with van der Waals surface area (Å²) < 4.78 is 44.5. The van der Waals surface area contributed by atoms with Crippen LogP contribution in [0.5, 0.6) is 0 Å². The first-order valence-corrected chi connectivity index (χ1v) is 7.80. The lowest BCUT2D eigenvalue weighted by molar-refractivity contribution is -0.137. The number of carbonyl (C=O) groups is 2. The van der Waals surface area contributed by atoms with Crippen molar-refractivity contribution < 1.29 is 32.6 Å². The maximum absolute atomic E-state index is 13.0. The van der Waals surface area contributed by atoms with Crippen LogP contribution in [-0.4, -0.2) is 35.2 Å². The van der Waals surface area contributed by atoms with Crippen LogP contribution in [0.2, 0.25) is 5.02 Å². The van der Waals surface area contributed by atoms with E-state index in [-0.39, 0.29) is 10.7 Å². The van der Waals surface area contributed by atoms with Gasteiger partial charge in [0.2, 0.25) is 11.8 Å². The van der Waals surface area contributed by atoms with E-state index >= 15 is 0 Å². The molecule has 2 saturated heterocycles. The van der Waals surface area contributed by atoms with Crippen LogP contribution < -0.4 is 4.90 Å². The molecule has 0 spiro atoms. The van der Waals surface area contributed by atoms with Crippen molar-refractivity contribution >= 4 is 29.1 Å². The second kappa shape index (κ2) is 5.06. The van der Waals surface area contributed by atoms with Crippen LogP contribution in [0.4, 0.5) is 18.9 Å². The Labute approximate surface area is 144 Å². The zero-order valence-electron chi connectivity index (χ0n) is 12.5. The summed E-state index contributed by atoms with van der Waals surface area (Å²) in [7, 11) is 0. The summed E-state index contributed by atoms with van der Waals surface area (Å²) in [5, 5.41) is 9.48. The fourth-order valence-corrected chi connectivity index (χ4v) is 3.98. The Balaban J connectivity index is 1.79. The van der Waals surface area contributed by atoms with Gasteiger partial charge >= 0.3 is 6.18 Å². The first-order chi connectivity index (χ1) is 11.7. The van der Waals surface area contributed by atoms with E-state index < -0.39 is 53.7 Å². The SMILES string of the molecule is O=C1[C@H]2[C@@H](C(=O)N1c1cc(C(F)(F)F)ccc1Cl)[C@@]1(CO)C=C[C@H]2O1. The summed E-state index contributed by atoms with van der Waals surface area (Å²) in [5.74, 6) is -3.26. The standard InChI is InChI=1S/C16H11ClF3NO4/c17-8-2-1-7(16(18,19)20)5-9(8)21-13(23)11-10-3-4-15(6-22,25-10)12(11)14(21)24/h1-5,10-12,22H,6H2/t10-,11-,12+,15+/m1/s1. The number of aliphatic hydroxyl groups is 1. The zero-order chi connectivity index (χ0) is 18.1. The number of anilines is 1. The van der Waals surface area contributed by atoms with Gasteiger partial charge in [0.15, 0.2) is 0 Å². The second-order valence-electron chi connectivity index (χ2n) is 6.23. The highest BCUT2D eigenvalue weighted by molar-refractivity contribution is 6.36. The largest absolute Gasteiger partial charge is 0.416 e. The Hall–Kier alpha value is -1.90. The summed E-state index contributed by atoms with van der Waals surface area (Å²) in [6, 6.07) is 2.46. The molecule has 0 unspecified atom stereocenters. The van der Waals surface area contributed by atoms with Crippen molar-refractivity contribution in [2.45, 2.75) is 17.9 Å². The molecule has 4 rings (SSSR count). The highest BCUT2D eigenvalue weighted by atomic mass is 35.5. The third-order valence-corrected chi connectivity index (χ3v) is 5.24. The predicted octanol–water partition coefficient (Wildman–Crippen LogP) is 2.16. The molecular formula is C16H11ClF3NO4. The van der Waals surface area contributed by atoms with Gasteiger partial charge in [-0.25, -0.2) is 4.90 Å². The average Bonchev–Trinajstić information content (AvgIpc) is 3.19. The number of ether oxygens (including phenoxy) is 1. The third-order valence-electron chi connectivity index (χ3n) is 4.92. The normalized spacial score (nSPS) is 33.5. The quantitative estimate of drug-likeness (QED) is 0.637.